The Bertz CT molecular complexity index is 732. The molecule has 5 nitrogen and oxygen atoms in total. The highest BCUT2D eigenvalue weighted by molar-refractivity contribution is 5.78. The molecule has 1 aliphatic heterocycles. The van der Waals surface area contributed by atoms with E-state index in [9.17, 15) is 4.79 Å². The van der Waals surface area contributed by atoms with Crippen molar-refractivity contribution in [1.29, 1.82) is 0 Å². The molecule has 138 valence electrons. The van der Waals surface area contributed by atoms with Gasteiger partial charge < -0.3 is 14.5 Å². The summed E-state index contributed by atoms with van der Waals surface area (Å²) >= 11 is 0. The third kappa shape index (κ3) is 4.54. The molecule has 1 fully saturated rings. The van der Waals surface area contributed by atoms with Crippen molar-refractivity contribution < 1.29 is 9.53 Å². The molecule has 26 heavy (non-hydrogen) atoms. The first kappa shape index (κ1) is 18.2. The molecule has 5 heteroatoms. The molecule has 0 spiro atoms. The third-order valence-electron chi connectivity index (χ3n) is 4.67. The SMILES string of the molecule is CC(C)(C)c1cccc(OCC(=O)N2CCN(c3ccccn3)CC2)c1. The Kier molecular flexibility index (Phi) is 5.45. The van der Waals surface area contributed by atoms with E-state index in [0.29, 0.717) is 13.1 Å². The van der Waals surface area contributed by atoms with Gasteiger partial charge in [0.1, 0.15) is 11.6 Å². The van der Waals surface area contributed by atoms with Gasteiger partial charge in [0.15, 0.2) is 6.61 Å². The quantitative estimate of drug-likeness (QED) is 0.847. The van der Waals surface area contributed by atoms with Gasteiger partial charge in [0, 0.05) is 32.4 Å². The second kappa shape index (κ2) is 7.77. The van der Waals surface area contributed by atoms with Crippen LogP contribution in [0, 0.1) is 0 Å². The fourth-order valence-corrected chi connectivity index (χ4v) is 3.01. The Hall–Kier alpha value is -2.56. The van der Waals surface area contributed by atoms with Crippen LogP contribution in [0.25, 0.3) is 0 Å². The van der Waals surface area contributed by atoms with Crippen molar-refractivity contribution in [3.05, 3.63) is 54.2 Å². The largest absolute Gasteiger partial charge is 0.484 e. The van der Waals surface area contributed by atoms with Crippen molar-refractivity contribution in [2.75, 3.05) is 37.7 Å². The van der Waals surface area contributed by atoms with Gasteiger partial charge in [0.2, 0.25) is 0 Å². The molecule has 0 radical (unpaired) electrons. The van der Waals surface area contributed by atoms with E-state index in [0.717, 1.165) is 24.7 Å². The number of benzene rings is 1. The fourth-order valence-electron chi connectivity index (χ4n) is 3.01. The maximum absolute atomic E-state index is 12.5. The summed E-state index contributed by atoms with van der Waals surface area (Å²) in [6.07, 6.45) is 1.80. The topological polar surface area (TPSA) is 45.7 Å². The monoisotopic (exact) mass is 353 g/mol. The highest BCUT2D eigenvalue weighted by atomic mass is 16.5. The van der Waals surface area contributed by atoms with Crippen molar-refractivity contribution in [2.45, 2.75) is 26.2 Å². The van der Waals surface area contributed by atoms with Gasteiger partial charge in [-0.25, -0.2) is 4.98 Å². The molecule has 2 heterocycles. The minimum Gasteiger partial charge on any atom is -0.484 e. The maximum atomic E-state index is 12.5. The third-order valence-corrected chi connectivity index (χ3v) is 4.67. The molecule has 0 atom stereocenters. The van der Waals surface area contributed by atoms with E-state index in [1.807, 2.05) is 41.3 Å². The lowest BCUT2D eigenvalue weighted by Crippen LogP contribution is -2.50. The van der Waals surface area contributed by atoms with Crippen LogP contribution in [0.15, 0.2) is 48.7 Å². The lowest BCUT2D eigenvalue weighted by atomic mass is 9.87. The van der Waals surface area contributed by atoms with Gasteiger partial charge >= 0.3 is 0 Å². The molecule has 0 bridgehead atoms. The summed E-state index contributed by atoms with van der Waals surface area (Å²) in [5.74, 6) is 1.75. The van der Waals surface area contributed by atoms with Crippen LogP contribution in [0.4, 0.5) is 5.82 Å². The number of pyridine rings is 1. The zero-order valence-electron chi connectivity index (χ0n) is 15.8. The Labute approximate surface area is 155 Å². The van der Waals surface area contributed by atoms with E-state index in [-0.39, 0.29) is 17.9 Å². The molecule has 1 aromatic heterocycles. The van der Waals surface area contributed by atoms with Crippen LogP contribution in [0.2, 0.25) is 0 Å². The zero-order valence-corrected chi connectivity index (χ0v) is 15.8. The smallest absolute Gasteiger partial charge is 0.260 e. The van der Waals surface area contributed by atoms with Crippen LogP contribution >= 0.6 is 0 Å². The summed E-state index contributed by atoms with van der Waals surface area (Å²) in [5, 5.41) is 0. The summed E-state index contributed by atoms with van der Waals surface area (Å²) in [6.45, 7) is 9.55. The van der Waals surface area contributed by atoms with E-state index in [1.54, 1.807) is 6.20 Å². The highest BCUT2D eigenvalue weighted by Gasteiger charge is 2.22. The molecular weight excluding hydrogens is 326 g/mol. The number of carbonyl (C=O) groups is 1. The van der Waals surface area contributed by atoms with Crippen LogP contribution in [0.5, 0.6) is 5.75 Å². The van der Waals surface area contributed by atoms with Gasteiger partial charge in [-0.2, -0.15) is 0 Å². The second-order valence-corrected chi connectivity index (χ2v) is 7.62. The summed E-state index contributed by atoms with van der Waals surface area (Å²) in [7, 11) is 0. The van der Waals surface area contributed by atoms with Crippen molar-refractivity contribution in [2.24, 2.45) is 0 Å². The van der Waals surface area contributed by atoms with Crippen LogP contribution in [-0.4, -0.2) is 48.6 Å². The van der Waals surface area contributed by atoms with E-state index in [4.69, 9.17) is 4.74 Å². The minimum atomic E-state index is 0.0341. The number of hydrogen-bond donors (Lipinski definition) is 0. The van der Waals surface area contributed by atoms with Gasteiger partial charge in [-0.15, -0.1) is 0 Å². The highest BCUT2D eigenvalue weighted by Crippen LogP contribution is 2.25. The predicted octanol–water partition coefficient (Wildman–Crippen LogP) is 3.11. The molecule has 1 saturated heterocycles. The number of hydrogen-bond acceptors (Lipinski definition) is 4. The standard InChI is InChI=1S/C21H27N3O2/c1-21(2,3)17-7-6-8-18(15-17)26-16-20(25)24-13-11-23(12-14-24)19-9-4-5-10-22-19/h4-10,15H,11-14,16H2,1-3H3. The van der Waals surface area contributed by atoms with Gasteiger partial charge in [-0.3, -0.25) is 4.79 Å². The molecule has 3 rings (SSSR count). The molecular formula is C21H27N3O2. The number of anilines is 1. The van der Waals surface area contributed by atoms with Crippen molar-refractivity contribution in [3.63, 3.8) is 0 Å². The number of amides is 1. The van der Waals surface area contributed by atoms with Crippen LogP contribution in [0.3, 0.4) is 0 Å². The molecule has 0 N–H and O–H groups in total. The summed E-state index contributed by atoms with van der Waals surface area (Å²) in [4.78, 5) is 20.9. The summed E-state index contributed by atoms with van der Waals surface area (Å²) < 4.78 is 5.75. The number of nitrogens with zero attached hydrogens (tertiary/aromatic N) is 3. The lowest BCUT2D eigenvalue weighted by molar-refractivity contribution is -0.133. The van der Waals surface area contributed by atoms with E-state index in [2.05, 4.69) is 36.7 Å². The number of ether oxygens (including phenoxy) is 1. The Balaban J connectivity index is 1.51. The average Bonchev–Trinajstić information content (AvgIpc) is 2.66. The molecule has 0 saturated carbocycles. The Morgan fingerprint density at radius 1 is 1.08 bits per heavy atom. The first-order valence-corrected chi connectivity index (χ1v) is 9.10. The molecule has 1 aliphatic rings. The van der Waals surface area contributed by atoms with Crippen molar-refractivity contribution in [1.82, 2.24) is 9.88 Å². The van der Waals surface area contributed by atoms with E-state index >= 15 is 0 Å². The Morgan fingerprint density at radius 2 is 1.85 bits per heavy atom. The van der Waals surface area contributed by atoms with Gasteiger partial charge in [-0.1, -0.05) is 39.0 Å². The second-order valence-electron chi connectivity index (χ2n) is 7.62. The first-order valence-electron chi connectivity index (χ1n) is 9.10. The summed E-state index contributed by atoms with van der Waals surface area (Å²) in [5.41, 5.74) is 1.26. The lowest BCUT2D eigenvalue weighted by Gasteiger charge is -2.35. The number of carbonyl (C=O) groups excluding carboxylic acids is 1. The summed E-state index contributed by atoms with van der Waals surface area (Å²) in [6, 6.07) is 13.9. The molecule has 0 aliphatic carbocycles. The zero-order chi connectivity index (χ0) is 18.6. The average molecular weight is 353 g/mol. The molecule has 1 aromatic carbocycles. The Morgan fingerprint density at radius 3 is 2.50 bits per heavy atom. The molecule has 2 aromatic rings. The van der Waals surface area contributed by atoms with Gasteiger partial charge in [-0.05, 0) is 35.2 Å². The van der Waals surface area contributed by atoms with E-state index < -0.39 is 0 Å². The molecule has 0 unspecified atom stereocenters. The van der Waals surface area contributed by atoms with Crippen molar-refractivity contribution in [3.8, 4) is 5.75 Å². The first-order chi connectivity index (χ1) is 12.4. The normalized spacial score (nSPS) is 15.0. The van der Waals surface area contributed by atoms with E-state index in [1.165, 1.54) is 5.56 Å². The number of aromatic nitrogens is 1. The molecule has 1 amide bonds. The van der Waals surface area contributed by atoms with Gasteiger partial charge in [0.25, 0.3) is 5.91 Å². The van der Waals surface area contributed by atoms with Crippen LogP contribution < -0.4 is 9.64 Å². The van der Waals surface area contributed by atoms with Gasteiger partial charge in [0.05, 0.1) is 0 Å². The van der Waals surface area contributed by atoms with Crippen LogP contribution in [0.1, 0.15) is 26.3 Å². The van der Waals surface area contributed by atoms with Crippen molar-refractivity contribution >= 4 is 11.7 Å². The minimum absolute atomic E-state index is 0.0341. The number of rotatable bonds is 4. The fraction of sp³-hybridized carbons (Fsp3) is 0.429. The number of piperazine rings is 1. The maximum Gasteiger partial charge on any atom is 0.260 e. The van der Waals surface area contributed by atoms with Crippen LogP contribution in [-0.2, 0) is 10.2 Å². The predicted molar refractivity (Wildman–Crippen MR) is 104 cm³/mol.